The van der Waals surface area contributed by atoms with Gasteiger partial charge in [-0.05, 0) is 31.0 Å². The van der Waals surface area contributed by atoms with Crippen molar-refractivity contribution in [1.29, 1.82) is 0 Å². The second kappa shape index (κ2) is 9.57. The molecule has 1 aromatic carbocycles. The summed E-state index contributed by atoms with van der Waals surface area (Å²) in [7, 11) is 0. The topological polar surface area (TPSA) is 9.23 Å². The molecule has 0 aliphatic carbocycles. The van der Waals surface area contributed by atoms with E-state index in [0.29, 0.717) is 6.10 Å². The van der Waals surface area contributed by atoms with E-state index in [1.807, 2.05) is 0 Å². The third kappa shape index (κ3) is 7.17. The van der Waals surface area contributed by atoms with E-state index >= 15 is 0 Å². The molecule has 0 radical (unpaired) electrons. The van der Waals surface area contributed by atoms with Crippen LogP contribution >= 0.6 is 15.9 Å². The van der Waals surface area contributed by atoms with Gasteiger partial charge in [0.25, 0.3) is 0 Å². The number of halogens is 1. The van der Waals surface area contributed by atoms with Gasteiger partial charge in [0.05, 0.1) is 12.7 Å². The van der Waals surface area contributed by atoms with Crippen molar-refractivity contribution in [3.8, 4) is 0 Å². The van der Waals surface area contributed by atoms with E-state index in [9.17, 15) is 0 Å². The number of hydrogen-bond donors (Lipinski definition) is 0. The molecule has 0 spiro atoms. The third-order valence-corrected chi connectivity index (χ3v) is 3.69. The summed E-state index contributed by atoms with van der Waals surface area (Å²) in [5.74, 6) is 0. The summed E-state index contributed by atoms with van der Waals surface area (Å²) < 4.78 is 6.98. The van der Waals surface area contributed by atoms with Gasteiger partial charge in [-0.1, -0.05) is 67.1 Å². The molecular formula is C16H25BrO. The predicted molar refractivity (Wildman–Crippen MR) is 81.8 cm³/mol. The van der Waals surface area contributed by atoms with Crippen LogP contribution in [0.25, 0.3) is 0 Å². The molecule has 2 heteroatoms. The van der Waals surface area contributed by atoms with E-state index < -0.39 is 0 Å². The van der Waals surface area contributed by atoms with Crippen molar-refractivity contribution in [1.82, 2.24) is 0 Å². The molecule has 0 N–H and O–H groups in total. The van der Waals surface area contributed by atoms with Crippen molar-refractivity contribution in [2.24, 2.45) is 0 Å². The molecule has 0 saturated heterocycles. The Labute approximate surface area is 120 Å². The average molecular weight is 313 g/mol. The van der Waals surface area contributed by atoms with Gasteiger partial charge in [-0.2, -0.15) is 0 Å². The number of rotatable bonds is 9. The smallest absolute Gasteiger partial charge is 0.0720 e. The lowest BCUT2D eigenvalue weighted by molar-refractivity contribution is 0.0459. The summed E-state index contributed by atoms with van der Waals surface area (Å²) in [6.45, 7) is 5.16. The van der Waals surface area contributed by atoms with Crippen LogP contribution in [0.5, 0.6) is 0 Å². The minimum Gasteiger partial charge on any atom is -0.374 e. The van der Waals surface area contributed by atoms with Crippen LogP contribution < -0.4 is 0 Å². The van der Waals surface area contributed by atoms with Crippen LogP contribution in [0, 0.1) is 0 Å². The maximum absolute atomic E-state index is 5.86. The van der Waals surface area contributed by atoms with Crippen molar-refractivity contribution in [3.63, 3.8) is 0 Å². The first-order valence-corrected chi connectivity index (χ1v) is 7.87. The number of unbranched alkanes of at least 4 members (excludes halogenated alkanes) is 4. The molecule has 0 bridgehead atoms. The lowest BCUT2D eigenvalue weighted by Crippen LogP contribution is -2.07. The van der Waals surface area contributed by atoms with Crippen molar-refractivity contribution >= 4 is 15.9 Å². The molecule has 0 heterocycles. The second-order valence-electron chi connectivity index (χ2n) is 4.95. The minimum absolute atomic E-state index is 0.371. The Kier molecular flexibility index (Phi) is 8.36. The van der Waals surface area contributed by atoms with Gasteiger partial charge in [-0.15, -0.1) is 0 Å². The molecule has 102 valence electrons. The normalized spacial score (nSPS) is 12.6. The summed E-state index contributed by atoms with van der Waals surface area (Å²) in [5.41, 5.74) is 1.25. The first-order chi connectivity index (χ1) is 8.72. The molecule has 18 heavy (non-hydrogen) atoms. The van der Waals surface area contributed by atoms with E-state index in [4.69, 9.17) is 4.74 Å². The Morgan fingerprint density at radius 1 is 1.06 bits per heavy atom. The Bertz CT molecular complexity index is 307. The first-order valence-electron chi connectivity index (χ1n) is 7.08. The van der Waals surface area contributed by atoms with Crippen LogP contribution in [0.2, 0.25) is 0 Å². The summed E-state index contributed by atoms with van der Waals surface area (Å²) in [6, 6.07) is 8.35. The van der Waals surface area contributed by atoms with Crippen LogP contribution in [0.1, 0.15) is 57.9 Å². The number of benzene rings is 1. The molecule has 1 nitrogen and oxygen atoms in total. The maximum atomic E-state index is 5.86. The summed E-state index contributed by atoms with van der Waals surface area (Å²) in [4.78, 5) is 0. The SMILES string of the molecule is CCCCCCC[C@H](C)OCc1ccc(Br)cc1. The lowest BCUT2D eigenvalue weighted by atomic mass is 10.1. The molecule has 0 aromatic heterocycles. The molecule has 0 fully saturated rings. The second-order valence-corrected chi connectivity index (χ2v) is 5.87. The van der Waals surface area contributed by atoms with Crippen LogP contribution in [0.4, 0.5) is 0 Å². The van der Waals surface area contributed by atoms with Gasteiger partial charge in [0.15, 0.2) is 0 Å². The Morgan fingerprint density at radius 3 is 2.39 bits per heavy atom. The highest BCUT2D eigenvalue weighted by Crippen LogP contribution is 2.14. The van der Waals surface area contributed by atoms with Crippen LogP contribution in [-0.2, 0) is 11.3 Å². The average Bonchev–Trinajstić information content (AvgIpc) is 2.38. The molecule has 0 aliphatic heterocycles. The predicted octanol–water partition coefficient (Wildman–Crippen LogP) is 5.71. The highest BCUT2D eigenvalue weighted by atomic mass is 79.9. The third-order valence-electron chi connectivity index (χ3n) is 3.16. The van der Waals surface area contributed by atoms with Gasteiger partial charge >= 0.3 is 0 Å². The highest BCUT2D eigenvalue weighted by molar-refractivity contribution is 9.10. The van der Waals surface area contributed by atoms with Gasteiger partial charge < -0.3 is 4.74 Å². The molecule has 0 saturated carbocycles. The van der Waals surface area contributed by atoms with E-state index in [-0.39, 0.29) is 0 Å². The van der Waals surface area contributed by atoms with Crippen molar-refractivity contribution in [2.45, 2.75) is 65.1 Å². The fourth-order valence-electron chi connectivity index (χ4n) is 1.94. The molecule has 1 atom stereocenters. The van der Waals surface area contributed by atoms with Gasteiger partial charge in [-0.3, -0.25) is 0 Å². The van der Waals surface area contributed by atoms with Gasteiger partial charge in [0.1, 0.15) is 0 Å². The van der Waals surface area contributed by atoms with Crippen molar-refractivity contribution in [2.75, 3.05) is 0 Å². The lowest BCUT2D eigenvalue weighted by Gasteiger charge is -2.13. The van der Waals surface area contributed by atoms with Crippen LogP contribution in [-0.4, -0.2) is 6.10 Å². The zero-order valence-corrected chi connectivity index (χ0v) is 13.2. The fourth-order valence-corrected chi connectivity index (χ4v) is 2.20. The van der Waals surface area contributed by atoms with E-state index in [0.717, 1.165) is 11.1 Å². The van der Waals surface area contributed by atoms with Gasteiger partial charge in [0.2, 0.25) is 0 Å². The Balaban J connectivity index is 2.09. The summed E-state index contributed by atoms with van der Waals surface area (Å²) in [6.07, 6.45) is 8.25. The Morgan fingerprint density at radius 2 is 1.72 bits per heavy atom. The number of ether oxygens (including phenoxy) is 1. The van der Waals surface area contributed by atoms with Gasteiger partial charge in [-0.25, -0.2) is 0 Å². The zero-order chi connectivity index (χ0) is 13.2. The van der Waals surface area contributed by atoms with E-state index in [1.54, 1.807) is 0 Å². The monoisotopic (exact) mass is 312 g/mol. The van der Waals surface area contributed by atoms with Gasteiger partial charge in [0, 0.05) is 4.47 Å². The minimum atomic E-state index is 0.371. The largest absolute Gasteiger partial charge is 0.374 e. The molecule has 0 unspecified atom stereocenters. The maximum Gasteiger partial charge on any atom is 0.0720 e. The van der Waals surface area contributed by atoms with Crippen LogP contribution in [0.3, 0.4) is 0 Å². The van der Waals surface area contributed by atoms with Crippen molar-refractivity contribution < 1.29 is 4.74 Å². The molecule has 0 aliphatic rings. The first kappa shape index (κ1) is 15.7. The molecule has 0 amide bonds. The standard InChI is InChI=1S/C16H25BrO/c1-3-4-5-6-7-8-14(2)18-13-15-9-11-16(17)12-10-15/h9-12,14H,3-8,13H2,1-2H3/t14-/m0/s1. The molecule has 1 aromatic rings. The summed E-state index contributed by atoms with van der Waals surface area (Å²) >= 11 is 3.44. The van der Waals surface area contributed by atoms with Crippen LogP contribution in [0.15, 0.2) is 28.7 Å². The summed E-state index contributed by atoms with van der Waals surface area (Å²) in [5, 5.41) is 0. The van der Waals surface area contributed by atoms with E-state index in [1.165, 1.54) is 44.1 Å². The molecular weight excluding hydrogens is 288 g/mol. The highest BCUT2D eigenvalue weighted by Gasteiger charge is 2.02. The fraction of sp³-hybridized carbons (Fsp3) is 0.625. The molecule has 1 rings (SSSR count). The zero-order valence-electron chi connectivity index (χ0n) is 11.6. The Hall–Kier alpha value is -0.340. The number of hydrogen-bond acceptors (Lipinski definition) is 1. The van der Waals surface area contributed by atoms with Crippen molar-refractivity contribution in [3.05, 3.63) is 34.3 Å². The quantitative estimate of drug-likeness (QED) is 0.530. The van der Waals surface area contributed by atoms with E-state index in [2.05, 4.69) is 54.0 Å².